The van der Waals surface area contributed by atoms with E-state index in [9.17, 15) is 4.79 Å². The van der Waals surface area contributed by atoms with Crippen molar-refractivity contribution in [3.8, 4) is 11.5 Å². The summed E-state index contributed by atoms with van der Waals surface area (Å²) >= 11 is 0. The van der Waals surface area contributed by atoms with E-state index in [0.717, 1.165) is 62.8 Å². The van der Waals surface area contributed by atoms with Crippen molar-refractivity contribution in [2.45, 2.75) is 58.4 Å². The fourth-order valence-electron chi connectivity index (χ4n) is 4.47. The molecule has 3 rings (SSSR count). The van der Waals surface area contributed by atoms with Crippen LogP contribution in [0.25, 0.3) is 0 Å². The highest BCUT2D eigenvalue weighted by molar-refractivity contribution is 14.0. The summed E-state index contributed by atoms with van der Waals surface area (Å²) < 4.78 is 11.4. The molecule has 1 unspecified atom stereocenters. The largest absolute Gasteiger partial charge is 0.490 e. The smallest absolute Gasteiger partial charge is 0.225 e. The Labute approximate surface area is 209 Å². The first-order valence-electron chi connectivity index (χ1n) is 11.8. The molecular formula is C24H39IN4O3. The highest BCUT2D eigenvalue weighted by atomic mass is 127. The molecule has 7 nitrogen and oxygen atoms in total. The van der Waals surface area contributed by atoms with Crippen LogP contribution in [0.3, 0.4) is 0 Å². The number of amides is 1. The second kappa shape index (κ2) is 13.7. The van der Waals surface area contributed by atoms with Crippen LogP contribution in [0.5, 0.6) is 11.5 Å². The number of likely N-dealkylation sites (tertiary alicyclic amines) is 1. The van der Waals surface area contributed by atoms with Crippen molar-refractivity contribution in [3.05, 3.63) is 23.8 Å². The van der Waals surface area contributed by atoms with Crippen LogP contribution in [0.1, 0.15) is 51.5 Å². The van der Waals surface area contributed by atoms with Gasteiger partial charge in [-0.25, -0.2) is 0 Å². The lowest BCUT2D eigenvalue weighted by molar-refractivity contribution is -0.134. The minimum atomic E-state index is 0. The predicted molar refractivity (Wildman–Crippen MR) is 139 cm³/mol. The molecule has 0 aromatic heterocycles. The van der Waals surface area contributed by atoms with Crippen LogP contribution < -0.4 is 20.1 Å². The maximum atomic E-state index is 12.6. The standard InChI is InChI=1S/C24H38N4O3.HI/c1-4-30-21-11-10-18(16-22(21)31-5-2)12-14-26-24(25-3)27-20-13-15-28(17-20)23(29)19-8-6-7-9-19;/h10-11,16,19-20H,4-9,12-15,17H2,1-3H3,(H2,25,26,27);1H. The van der Waals surface area contributed by atoms with Crippen LogP contribution in [0.15, 0.2) is 23.2 Å². The van der Waals surface area contributed by atoms with Crippen molar-refractivity contribution in [1.29, 1.82) is 0 Å². The number of hydrogen-bond donors (Lipinski definition) is 2. The minimum Gasteiger partial charge on any atom is -0.490 e. The van der Waals surface area contributed by atoms with E-state index in [2.05, 4.69) is 27.8 Å². The Morgan fingerprint density at radius 2 is 1.84 bits per heavy atom. The summed E-state index contributed by atoms with van der Waals surface area (Å²) in [5.41, 5.74) is 1.18. The monoisotopic (exact) mass is 558 g/mol. The maximum Gasteiger partial charge on any atom is 0.225 e. The highest BCUT2D eigenvalue weighted by Crippen LogP contribution is 2.29. The number of carbonyl (C=O) groups is 1. The first kappa shape index (κ1) is 26.5. The third-order valence-corrected chi connectivity index (χ3v) is 6.08. The van der Waals surface area contributed by atoms with Gasteiger partial charge in [0.15, 0.2) is 17.5 Å². The molecule has 1 heterocycles. The summed E-state index contributed by atoms with van der Waals surface area (Å²) in [5.74, 6) is 2.98. The van der Waals surface area contributed by atoms with Crippen molar-refractivity contribution < 1.29 is 14.3 Å². The van der Waals surface area contributed by atoms with Crippen LogP contribution >= 0.6 is 24.0 Å². The zero-order chi connectivity index (χ0) is 22.1. The molecule has 0 spiro atoms. The van der Waals surface area contributed by atoms with Gasteiger partial charge in [0.2, 0.25) is 5.91 Å². The molecule has 1 amide bonds. The topological polar surface area (TPSA) is 75.2 Å². The van der Waals surface area contributed by atoms with Gasteiger partial charge in [-0.3, -0.25) is 9.79 Å². The number of carbonyl (C=O) groups excluding carboxylic acids is 1. The molecule has 2 fully saturated rings. The van der Waals surface area contributed by atoms with Gasteiger partial charge in [0, 0.05) is 38.6 Å². The number of halogens is 1. The molecule has 1 aliphatic heterocycles. The van der Waals surface area contributed by atoms with E-state index in [-0.39, 0.29) is 35.9 Å². The predicted octanol–water partition coefficient (Wildman–Crippen LogP) is 3.60. The number of nitrogens with zero attached hydrogens (tertiary/aromatic N) is 2. The van der Waals surface area contributed by atoms with E-state index in [0.29, 0.717) is 19.1 Å². The zero-order valence-corrected chi connectivity index (χ0v) is 22.0. The molecule has 0 bridgehead atoms. The quantitative estimate of drug-likeness (QED) is 0.275. The number of rotatable bonds is 9. The van der Waals surface area contributed by atoms with Crippen LogP contribution in [0.4, 0.5) is 0 Å². The molecule has 1 saturated carbocycles. The van der Waals surface area contributed by atoms with Crippen molar-refractivity contribution in [1.82, 2.24) is 15.5 Å². The summed E-state index contributed by atoms with van der Waals surface area (Å²) in [6.45, 7) is 7.55. The first-order chi connectivity index (χ1) is 15.1. The number of benzene rings is 1. The molecule has 2 aliphatic rings. The average molecular weight is 559 g/mol. The molecule has 8 heteroatoms. The molecule has 32 heavy (non-hydrogen) atoms. The Bertz CT molecular complexity index is 753. The third kappa shape index (κ3) is 7.42. The normalized spacial score (nSPS) is 18.9. The number of nitrogens with one attached hydrogen (secondary N) is 2. The molecule has 1 aromatic carbocycles. The Morgan fingerprint density at radius 1 is 1.12 bits per heavy atom. The molecule has 2 N–H and O–H groups in total. The van der Waals surface area contributed by atoms with E-state index in [1.807, 2.05) is 24.8 Å². The van der Waals surface area contributed by atoms with Gasteiger partial charge in [-0.15, -0.1) is 24.0 Å². The molecule has 1 atom stereocenters. The minimum absolute atomic E-state index is 0. The fraction of sp³-hybridized carbons (Fsp3) is 0.667. The van der Waals surface area contributed by atoms with Gasteiger partial charge in [0.05, 0.1) is 13.2 Å². The van der Waals surface area contributed by atoms with Gasteiger partial charge in [0.1, 0.15) is 0 Å². The van der Waals surface area contributed by atoms with E-state index in [1.165, 1.54) is 18.4 Å². The molecule has 1 saturated heterocycles. The number of guanidine groups is 1. The maximum absolute atomic E-state index is 12.6. The van der Waals surface area contributed by atoms with Gasteiger partial charge < -0.3 is 25.0 Å². The Morgan fingerprint density at radius 3 is 2.53 bits per heavy atom. The van der Waals surface area contributed by atoms with E-state index in [1.54, 1.807) is 7.05 Å². The van der Waals surface area contributed by atoms with Crippen molar-refractivity contribution >= 4 is 35.8 Å². The van der Waals surface area contributed by atoms with Crippen LogP contribution in [-0.4, -0.2) is 62.7 Å². The molecule has 180 valence electrons. The molecule has 0 radical (unpaired) electrons. The summed E-state index contributed by atoms with van der Waals surface area (Å²) in [4.78, 5) is 19.0. The molecular weight excluding hydrogens is 519 g/mol. The van der Waals surface area contributed by atoms with Crippen LogP contribution in [0.2, 0.25) is 0 Å². The number of ether oxygens (including phenoxy) is 2. The lowest BCUT2D eigenvalue weighted by Crippen LogP contribution is -2.45. The summed E-state index contributed by atoms with van der Waals surface area (Å²) in [5, 5.41) is 6.88. The van der Waals surface area contributed by atoms with Crippen molar-refractivity contribution in [2.24, 2.45) is 10.9 Å². The number of aliphatic imine (C=N–C) groups is 1. The van der Waals surface area contributed by atoms with Gasteiger partial charge in [0.25, 0.3) is 0 Å². The van der Waals surface area contributed by atoms with Gasteiger partial charge >= 0.3 is 0 Å². The zero-order valence-electron chi connectivity index (χ0n) is 19.7. The lowest BCUT2D eigenvalue weighted by Gasteiger charge is -2.21. The second-order valence-electron chi connectivity index (χ2n) is 8.29. The highest BCUT2D eigenvalue weighted by Gasteiger charge is 2.32. The van der Waals surface area contributed by atoms with Crippen LogP contribution in [0, 0.1) is 5.92 Å². The van der Waals surface area contributed by atoms with Gasteiger partial charge in [-0.2, -0.15) is 0 Å². The number of hydrogen-bond acceptors (Lipinski definition) is 4. The third-order valence-electron chi connectivity index (χ3n) is 6.08. The summed E-state index contributed by atoms with van der Waals surface area (Å²) in [6.07, 6.45) is 6.34. The molecule has 1 aliphatic carbocycles. The van der Waals surface area contributed by atoms with Gasteiger partial charge in [-0.05, 0) is 57.2 Å². The SMILES string of the molecule is CCOc1ccc(CCNC(=NC)NC2CCN(C(=O)C3CCCC3)C2)cc1OCC.I. The second-order valence-corrected chi connectivity index (χ2v) is 8.29. The van der Waals surface area contributed by atoms with E-state index in [4.69, 9.17) is 9.47 Å². The van der Waals surface area contributed by atoms with Crippen molar-refractivity contribution in [3.63, 3.8) is 0 Å². The van der Waals surface area contributed by atoms with Gasteiger partial charge in [-0.1, -0.05) is 18.9 Å². The fourth-order valence-corrected chi connectivity index (χ4v) is 4.47. The Hall–Kier alpha value is -1.71. The van der Waals surface area contributed by atoms with Crippen LogP contribution in [-0.2, 0) is 11.2 Å². The Balaban J connectivity index is 0.00000363. The molecule has 1 aromatic rings. The van der Waals surface area contributed by atoms with E-state index < -0.39 is 0 Å². The summed E-state index contributed by atoms with van der Waals surface area (Å²) in [7, 11) is 1.79. The summed E-state index contributed by atoms with van der Waals surface area (Å²) in [6, 6.07) is 6.36. The first-order valence-corrected chi connectivity index (χ1v) is 11.8. The lowest BCUT2D eigenvalue weighted by atomic mass is 10.1. The Kier molecular flexibility index (Phi) is 11.4. The van der Waals surface area contributed by atoms with E-state index >= 15 is 0 Å². The average Bonchev–Trinajstić information content (AvgIpc) is 3.47. The van der Waals surface area contributed by atoms with Crippen molar-refractivity contribution in [2.75, 3.05) is 39.9 Å².